The van der Waals surface area contributed by atoms with Gasteiger partial charge in [0.15, 0.2) is 0 Å². The van der Waals surface area contributed by atoms with Gasteiger partial charge in [-0.15, -0.1) is 11.3 Å². The average molecular weight is 408 g/mol. The number of likely N-dealkylation sites (tertiary alicyclic amines) is 1. The van der Waals surface area contributed by atoms with E-state index >= 15 is 0 Å². The Bertz CT molecular complexity index is 672. The van der Waals surface area contributed by atoms with Crippen molar-refractivity contribution in [2.75, 3.05) is 13.1 Å². The number of rotatable bonds is 5. The Morgan fingerprint density at radius 1 is 1.21 bits per heavy atom. The molecule has 2 amide bonds. The molecule has 0 unspecified atom stereocenters. The van der Waals surface area contributed by atoms with Crippen LogP contribution in [-0.2, 0) is 28.8 Å². The fourth-order valence-corrected chi connectivity index (χ4v) is 5.02. The van der Waals surface area contributed by atoms with E-state index in [4.69, 9.17) is 9.72 Å². The first-order valence-corrected chi connectivity index (χ1v) is 11.4. The average Bonchev–Trinajstić information content (AvgIpc) is 3.06. The molecule has 28 heavy (non-hydrogen) atoms. The predicted octanol–water partition coefficient (Wildman–Crippen LogP) is 3.86. The Morgan fingerprint density at radius 2 is 2.00 bits per heavy atom. The molecule has 1 aromatic rings. The third-order valence-corrected chi connectivity index (χ3v) is 6.41. The van der Waals surface area contributed by atoms with E-state index in [0.29, 0.717) is 19.5 Å². The van der Waals surface area contributed by atoms with Crippen LogP contribution in [0.25, 0.3) is 0 Å². The maximum Gasteiger partial charge on any atom is 0.410 e. The second-order valence-electron chi connectivity index (χ2n) is 8.76. The lowest BCUT2D eigenvalue weighted by molar-refractivity contribution is -0.127. The Kier molecular flexibility index (Phi) is 6.96. The summed E-state index contributed by atoms with van der Waals surface area (Å²) < 4.78 is 5.48. The molecular weight excluding hydrogens is 374 g/mol. The molecule has 0 spiro atoms. The van der Waals surface area contributed by atoms with Crippen molar-refractivity contribution in [2.45, 2.75) is 90.2 Å². The maximum absolute atomic E-state index is 12.7. The number of thiazole rings is 1. The number of carbonyl (C=O) groups excluding carboxylic acids is 2. The van der Waals surface area contributed by atoms with E-state index in [9.17, 15) is 9.59 Å². The van der Waals surface area contributed by atoms with E-state index in [-0.39, 0.29) is 12.0 Å². The highest BCUT2D eigenvalue weighted by molar-refractivity contribution is 7.11. The lowest BCUT2D eigenvalue weighted by Gasteiger charge is -2.35. The lowest BCUT2D eigenvalue weighted by Crippen LogP contribution is -2.53. The second-order valence-corrected chi connectivity index (χ2v) is 9.93. The Balaban J connectivity index is 1.46. The van der Waals surface area contributed by atoms with Crippen molar-refractivity contribution in [1.82, 2.24) is 15.2 Å². The van der Waals surface area contributed by atoms with Crippen LogP contribution in [0.15, 0.2) is 0 Å². The van der Waals surface area contributed by atoms with Gasteiger partial charge < -0.3 is 10.1 Å². The predicted molar refractivity (Wildman–Crippen MR) is 111 cm³/mol. The van der Waals surface area contributed by atoms with E-state index in [1.807, 2.05) is 32.1 Å². The van der Waals surface area contributed by atoms with Gasteiger partial charge in [-0.3, -0.25) is 9.69 Å². The molecule has 1 N–H and O–H groups in total. The molecule has 2 aliphatic rings. The topological polar surface area (TPSA) is 71.5 Å². The van der Waals surface area contributed by atoms with Crippen LogP contribution in [0.4, 0.5) is 4.79 Å². The van der Waals surface area contributed by atoms with Gasteiger partial charge in [0.1, 0.15) is 11.6 Å². The standard InChI is InChI=1S/C21H33N3O3S/c1-21(2,3)27-20(26)24-14-7-6-10-16(24)19(25)22-13-8-12-18-23-15-9-4-5-11-17(15)28-18/h16H,4-14H2,1-3H3,(H,22,25)/t16-/m1/s1. The molecule has 1 atom stereocenters. The number of hydrogen-bond acceptors (Lipinski definition) is 5. The molecule has 1 saturated heterocycles. The van der Waals surface area contributed by atoms with Crippen LogP contribution >= 0.6 is 11.3 Å². The molecule has 1 fully saturated rings. The van der Waals surface area contributed by atoms with Crippen molar-refractivity contribution in [3.05, 3.63) is 15.6 Å². The summed E-state index contributed by atoms with van der Waals surface area (Å²) in [6.07, 6.45) is 8.78. The van der Waals surface area contributed by atoms with Crippen molar-refractivity contribution in [3.8, 4) is 0 Å². The maximum atomic E-state index is 12.7. The van der Waals surface area contributed by atoms with Crippen LogP contribution in [0, 0.1) is 0 Å². The highest BCUT2D eigenvalue weighted by atomic mass is 32.1. The number of aryl methyl sites for hydroxylation is 3. The summed E-state index contributed by atoms with van der Waals surface area (Å²) in [5.74, 6) is -0.0657. The molecule has 0 aromatic carbocycles. The van der Waals surface area contributed by atoms with Crippen LogP contribution in [0.5, 0.6) is 0 Å². The van der Waals surface area contributed by atoms with Gasteiger partial charge in [0.25, 0.3) is 0 Å². The SMILES string of the molecule is CC(C)(C)OC(=O)N1CCCC[C@@H]1C(=O)NCCCc1nc2c(s1)CCCC2. The first-order valence-electron chi connectivity index (χ1n) is 10.6. The highest BCUT2D eigenvalue weighted by Crippen LogP contribution is 2.27. The normalized spacial score (nSPS) is 19.8. The van der Waals surface area contributed by atoms with E-state index in [2.05, 4.69) is 5.32 Å². The van der Waals surface area contributed by atoms with Crippen LogP contribution in [0.3, 0.4) is 0 Å². The fraction of sp³-hybridized carbons (Fsp3) is 0.762. The Morgan fingerprint density at radius 3 is 2.75 bits per heavy atom. The fourth-order valence-electron chi connectivity index (χ4n) is 3.82. The van der Waals surface area contributed by atoms with Gasteiger partial charge in [0.05, 0.1) is 10.7 Å². The molecule has 156 valence electrons. The quantitative estimate of drug-likeness (QED) is 0.753. The minimum Gasteiger partial charge on any atom is -0.444 e. The van der Waals surface area contributed by atoms with Gasteiger partial charge in [-0.05, 0) is 72.1 Å². The molecule has 1 aliphatic carbocycles. The van der Waals surface area contributed by atoms with E-state index in [1.54, 1.807) is 4.90 Å². The molecule has 1 aliphatic heterocycles. The number of fused-ring (bicyclic) bond motifs is 1. The Hall–Kier alpha value is -1.63. The van der Waals surface area contributed by atoms with Gasteiger partial charge in [0, 0.05) is 24.4 Å². The number of piperidine rings is 1. The summed E-state index contributed by atoms with van der Waals surface area (Å²) >= 11 is 1.84. The molecule has 0 bridgehead atoms. The third kappa shape index (κ3) is 5.69. The summed E-state index contributed by atoms with van der Waals surface area (Å²) in [6.45, 7) is 6.74. The summed E-state index contributed by atoms with van der Waals surface area (Å²) in [5.41, 5.74) is 0.744. The minimum absolute atomic E-state index is 0.0657. The number of nitrogens with one attached hydrogen (secondary N) is 1. The van der Waals surface area contributed by atoms with Gasteiger partial charge in [-0.2, -0.15) is 0 Å². The Labute approximate surface area is 172 Å². The monoisotopic (exact) mass is 407 g/mol. The number of amides is 2. The van der Waals surface area contributed by atoms with Crippen LogP contribution in [-0.4, -0.2) is 46.6 Å². The third-order valence-electron chi connectivity index (χ3n) is 5.19. The molecule has 0 saturated carbocycles. The van der Waals surface area contributed by atoms with E-state index in [0.717, 1.165) is 32.1 Å². The van der Waals surface area contributed by atoms with Gasteiger partial charge in [-0.1, -0.05) is 0 Å². The van der Waals surface area contributed by atoms with Crippen LogP contribution in [0.1, 0.15) is 74.9 Å². The highest BCUT2D eigenvalue weighted by Gasteiger charge is 2.34. The number of hydrogen-bond donors (Lipinski definition) is 1. The molecular formula is C21H33N3O3S. The van der Waals surface area contributed by atoms with E-state index in [1.165, 1.54) is 34.8 Å². The van der Waals surface area contributed by atoms with Gasteiger partial charge in [-0.25, -0.2) is 9.78 Å². The van der Waals surface area contributed by atoms with Gasteiger partial charge in [0.2, 0.25) is 5.91 Å². The lowest BCUT2D eigenvalue weighted by atomic mass is 10.0. The zero-order chi connectivity index (χ0) is 20.1. The first-order chi connectivity index (χ1) is 13.3. The largest absolute Gasteiger partial charge is 0.444 e. The zero-order valence-corrected chi connectivity index (χ0v) is 18.2. The molecule has 3 rings (SSSR count). The summed E-state index contributed by atoms with van der Waals surface area (Å²) in [4.78, 5) is 33.0. The van der Waals surface area contributed by atoms with Crippen molar-refractivity contribution in [3.63, 3.8) is 0 Å². The summed E-state index contributed by atoms with van der Waals surface area (Å²) in [7, 11) is 0. The second kappa shape index (κ2) is 9.25. The van der Waals surface area contributed by atoms with Crippen LogP contribution < -0.4 is 5.32 Å². The number of carbonyl (C=O) groups is 2. The zero-order valence-electron chi connectivity index (χ0n) is 17.4. The number of ether oxygens (including phenoxy) is 1. The molecule has 1 aromatic heterocycles. The van der Waals surface area contributed by atoms with Crippen molar-refractivity contribution >= 4 is 23.3 Å². The molecule has 7 heteroatoms. The molecule has 0 radical (unpaired) electrons. The number of nitrogens with zero attached hydrogens (tertiary/aromatic N) is 2. The van der Waals surface area contributed by atoms with Crippen molar-refractivity contribution in [2.24, 2.45) is 0 Å². The van der Waals surface area contributed by atoms with Gasteiger partial charge >= 0.3 is 6.09 Å². The first kappa shape index (κ1) is 21.1. The van der Waals surface area contributed by atoms with E-state index < -0.39 is 11.6 Å². The number of aromatic nitrogens is 1. The van der Waals surface area contributed by atoms with Crippen molar-refractivity contribution < 1.29 is 14.3 Å². The smallest absolute Gasteiger partial charge is 0.410 e. The van der Waals surface area contributed by atoms with Crippen molar-refractivity contribution in [1.29, 1.82) is 0 Å². The molecule has 6 nitrogen and oxygen atoms in total. The summed E-state index contributed by atoms with van der Waals surface area (Å²) in [6, 6.07) is -0.421. The summed E-state index contributed by atoms with van der Waals surface area (Å²) in [5, 5.41) is 4.21. The van der Waals surface area contributed by atoms with Crippen LogP contribution in [0.2, 0.25) is 0 Å². The molecule has 2 heterocycles. The minimum atomic E-state index is -0.553.